The van der Waals surface area contributed by atoms with E-state index >= 15 is 0 Å². The lowest BCUT2D eigenvalue weighted by molar-refractivity contribution is 0.0574. The fraction of sp³-hybridized carbons (Fsp3) is 0.933. The molecule has 2 rings (SSSR count). The van der Waals surface area contributed by atoms with E-state index < -0.39 is 5.60 Å². The molecule has 0 spiro atoms. The zero-order chi connectivity index (χ0) is 13.6. The lowest BCUT2D eigenvalue weighted by atomic mass is 9.96. The Morgan fingerprint density at radius 1 is 1.15 bits per heavy atom. The van der Waals surface area contributed by atoms with Crippen LogP contribution in [0, 0.1) is 0 Å². The lowest BCUT2D eigenvalue weighted by Crippen LogP contribution is -2.45. The Bertz CT molecular complexity index is 297. The van der Waals surface area contributed by atoms with Gasteiger partial charge in [-0.15, -0.1) is 24.0 Å². The van der Waals surface area contributed by atoms with Crippen LogP contribution in [0.15, 0.2) is 4.99 Å². The Kier molecular flexibility index (Phi) is 8.17. The second kappa shape index (κ2) is 9.07. The molecule has 0 amide bonds. The Labute approximate surface area is 140 Å². The van der Waals surface area contributed by atoms with Gasteiger partial charge in [-0.3, -0.25) is 4.99 Å². The minimum atomic E-state index is -0.547. The predicted molar refractivity (Wildman–Crippen MR) is 94.8 cm³/mol. The second-order valence-electron chi connectivity index (χ2n) is 6.11. The van der Waals surface area contributed by atoms with Gasteiger partial charge in [0.2, 0.25) is 0 Å². The van der Waals surface area contributed by atoms with Crippen molar-refractivity contribution in [1.82, 2.24) is 10.6 Å². The molecule has 0 aromatic rings. The third-order valence-electron chi connectivity index (χ3n) is 4.36. The normalized spacial score (nSPS) is 23.2. The van der Waals surface area contributed by atoms with Gasteiger partial charge in [-0.2, -0.15) is 0 Å². The van der Waals surface area contributed by atoms with Crippen LogP contribution < -0.4 is 10.6 Å². The van der Waals surface area contributed by atoms with Crippen LogP contribution >= 0.6 is 24.0 Å². The summed E-state index contributed by atoms with van der Waals surface area (Å²) in [5, 5.41) is 17.2. The molecule has 0 radical (unpaired) electrons. The Morgan fingerprint density at radius 3 is 2.40 bits per heavy atom. The molecular formula is C15H30IN3O. The molecule has 5 heteroatoms. The van der Waals surface area contributed by atoms with Gasteiger partial charge in [0.15, 0.2) is 5.96 Å². The van der Waals surface area contributed by atoms with Crippen molar-refractivity contribution in [3.05, 3.63) is 0 Å². The maximum absolute atomic E-state index is 10.4. The highest BCUT2D eigenvalue weighted by atomic mass is 127. The van der Waals surface area contributed by atoms with Crippen LogP contribution in [-0.2, 0) is 0 Å². The number of rotatable bonds is 4. The van der Waals surface area contributed by atoms with Crippen LogP contribution in [0.25, 0.3) is 0 Å². The second-order valence-corrected chi connectivity index (χ2v) is 6.11. The van der Waals surface area contributed by atoms with E-state index in [0.717, 1.165) is 38.2 Å². The zero-order valence-corrected chi connectivity index (χ0v) is 15.0. The predicted octanol–water partition coefficient (Wildman–Crippen LogP) is 2.80. The van der Waals surface area contributed by atoms with Crippen LogP contribution in [0.4, 0.5) is 0 Å². The summed E-state index contributed by atoms with van der Waals surface area (Å²) < 4.78 is 0. The molecule has 0 aliphatic heterocycles. The minimum Gasteiger partial charge on any atom is -0.388 e. The zero-order valence-electron chi connectivity index (χ0n) is 12.7. The van der Waals surface area contributed by atoms with Crippen LogP contribution in [0.2, 0.25) is 0 Å². The Morgan fingerprint density at radius 2 is 1.80 bits per heavy atom. The van der Waals surface area contributed by atoms with E-state index in [1.165, 1.54) is 32.1 Å². The van der Waals surface area contributed by atoms with E-state index in [2.05, 4.69) is 22.5 Å². The first-order valence-electron chi connectivity index (χ1n) is 7.99. The Balaban J connectivity index is 0.00000200. The Hall–Kier alpha value is -0.0400. The molecule has 0 aromatic heterocycles. The van der Waals surface area contributed by atoms with Crippen LogP contribution in [0.5, 0.6) is 0 Å². The van der Waals surface area contributed by atoms with E-state index in [4.69, 9.17) is 0 Å². The molecule has 0 unspecified atom stereocenters. The van der Waals surface area contributed by atoms with Gasteiger partial charge < -0.3 is 15.7 Å². The number of guanidine groups is 1. The largest absolute Gasteiger partial charge is 0.388 e. The van der Waals surface area contributed by atoms with Gasteiger partial charge in [0.1, 0.15) is 0 Å². The number of halogens is 1. The fourth-order valence-corrected chi connectivity index (χ4v) is 3.18. The number of aliphatic hydroxyl groups is 1. The lowest BCUT2D eigenvalue weighted by Gasteiger charge is -2.26. The molecule has 2 fully saturated rings. The summed E-state index contributed by atoms with van der Waals surface area (Å²) in [5.41, 5.74) is -0.547. The van der Waals surface area contributed by atoms with Gasteiger partial charge in [-0.25, -0.2) is 0 Å². The number of hydrogen-bond donors (Lipinski definition) is 3. The first-order valence-corrected chi connectivity index (χ1v) is 7.99. The number of aliphatic imine (C=N–C) groups is 1. The van der Waals surface area contributed by atoms with Crippen molar-refractivity contribution in [2.75, 3.05) is 13.1 Å². The van der Waals surface area contributed by atoms with Crippen molar-refractivity contribution in [3.8, 4) is 0 Å². The van der Waals surface area contributed by atoms with E-state index in [0.29, 0.717) is 12.6 Å². The van der Waals surface area contributed by atoms with Gasteiger partial charge in [-0.05, 0) is 32.6 Å². The molecule has 3 N–H and O–H groups in total. The fourth-order valence-electron chi connectivity index (χ4n) is 3.18. The van der Waals surface area contributed by atoms with Crippen molar-refractivity contribution < 1.29 is 5.11 Å². The van der Waals surface area contributed by atoms with Crippen molar-refractivity contribution >= 4 is 29.9 Å². The molecule has 0 atom stereocenters. The van der Waals surface area contributed by atoms with Gasteiger partial charge in [0, 0.05) is 12.6 Å². The molecule has 0 bridgehead atoms. The monoisotopic (exact) mass is 395 g/mol. The van der Waals surface area contributed by atoms with E-state index in [1.54, 1.807) is 0 Å². The third-order valence-corrected chi connectivity index (χ3v) is 4.36. The van der Waals surface area contributed by atoms with Crippen molar-refractivity contribution in [1.29, 1.82) is 0 Å². The first-order chi connectivity index (χ1) is 9.22. The van der Waals surface area contributed by atoms with Gasteiger partial charge in [0.25, 0.3) is 0 Å². The van der Waals surface area contributed by atoms with Crippen molar-refractivity contribution in [2.45, 2.75) is 76.4 Å². The number of nitrogens with one attached hydrogen (secondary N) is 2. The maximum Gasteiger partial charge on any atom is 0.191 e. The average Bonchev–Trinajstić information content (AvgIpc) is 2.85. The summed E-state index contributed by atoms with van der Waals surface area (Å²) in [4.78, 5) is 4.61. The highest BCUT2D eigenvalue weighted by molar-refractivity contribution is 14.0. The highest BCUT2D eigenvalue weighted by Gasteiger charge is 2.30. The molecule has 0 aromatic carbocycles. The molecular weight excluding hydrogens is 365 g/mol. The molecule has 4 nitrogen and oxygen atoms in total. The summed E-state index contributed by atoms with van der Waals surface area (Å²) >= 11 is 0. The maximum atomic E-state index is 10.4. The smallest absolute Gasteiger partial charge is 0.191 e. The standard InChI is InChI=1S/C15H29N3O.HI/c1-2-16-14(18-13-8-4-3-5-9-13)17-12-15(19)10-6-7-11-15;/h13,19H,2-12H2,1H3,(H2,16,17,18);1H. The van der Waals surface area contributed by atoms with Gasteiger partial charge in [-0.1, -0.05) is 32.1 Å². The van der Waals surface area contributed by atoms with Crippen LogP contribution in [-0.4, -0.2) is 35.8 Å². The van der Waals surface area contributed by atoms with E-state index in [-0.39, 0.29) is 24.0 Å². The molecule has 118 valence electrons. The van der Waals surface area contributed by atoms with E-state index in [1.807, 2.05) is 0 Å². The topological polar surface area (TPSA) is 56.7 Å². The van der Waals surface area contributed by atoms with Crippen molar-refractivity contribution in [2.24, 2.45) is 4.99 Å². The summed E-state index contributed by atoms with van der Waals surface area (Å²) in [5.74, 6) is 0.884. The van der Waals surface area contributed by atoms with Crippen LogP contribution in [0.1, 0.15) is 64.7 Å². The molecule has 2 aliphatic rings. The SMILES string of the molecule is CCNC(=NCC1(O)CCCC1)NC1CCCCC1.I. The molecule has 0 heterocycles. The summed E-state index contributed by atoms with van der Waals surface area (Å²) in [6.07, 6.45) is 10.6. The quantitative estimate of drug-likeness (QED) is 0.390. The number of hydrogen-bond acceptors (Lipinski definition) is 2. The molecule has 2 aliphatic carbocycles. The molecule has 2 saturated carbocycles. The molecule has 0 saturated heterocycles. The summed E-state index contributed by atoms with van der Waals surface area (Å²) in [6, 6.07) is 0.560. The average molecular weight is 395 g/mol. The highest BCUT2D eigenvalue weighted by Crippen LogP contribution is 2.29. The first kappa shape index (κ1) is 18.0. The molecule has 20 heavy (non-hydrogen) atoms. The van der Waals surface area contributed by atoms with E-state index in [9.17, 15) is 5.11 Å². The minimum absolute atomic E-state index is 0. The van der Waals surface area contributed by atoms with Gasteiger partial charge >= 0.3 is 0 Å². The van der Waals surface area contributed by atoms with Crippen molar-refractivity contribution in [3.63, 3.8) is 0 Å². The van der Waals surface area contributed by atoms with Crippen LogP contribution in [0.3, 0.4) is 0 Å². The number of nitrogens with zero attached hydrogens (tertiary/aromatic N) is 1. The summed E-state index contributed by atoms with van der Waals surface area (Å²) in [7, 11) is 0. The van der Waals surface area contributed by atoms with Gasteiger partial charge in [0.05, 0.1) is 12.1 Å². The summed E-state index contributed by atoms with van der Waals surface area (Å²) in [6.45, 7) is 3.49. The third kappa shape index (κ3) is 5.76.